The molecule has 4 rings (SSSR count). The lowest BCUT2D eigenvalue weighted by Gasteiger charge is -2.29. The van der Waals surface area contributed by atoms with E-state index in [9.17, 15) is 5.11 Å². The van der Waals surface area contributed by atoms with Gasteiger partial charge in [-0.05, 0) is 38.9 Å². The molecular weight excluding hydrogens is 350 g/mol. The second-order valence-electron chi connectivity index (χ2n) is 5.97. The van der Waals surface area contributed by atoms with E-state index in [1.54, 1.807) is 0 Å². The van der Waals surface area contributed by atoms with Crippen LogP contribution in [0.5, 0.6) is 0 Å². The Bertz CT molecular complexity index is 1030. The van der Waals surface area contributed by atoms with Gasteiger partial charge in [-0.25, -0.2) is 0 Å². The van der Waals surface area contributed by atoms with Crippen molar-refractivity contribution in [3.8, 4) is 0 Å². The van der Waals surface area contributed by atoms with Crippen LogP contribution in [0.3, 0.4) is 0 Å². The van der Waals surface area contributed by atoms with Gasteiger partial charge in [-0.2, -0.15) is 0 Å². The molecule has 0 saturated carbocycles. The minimum absolute atomic E-state index is 0.398. The number of aliphatic hydroxyl groups is 1. The molecule has 23 heavy (non-hydrogen) atoms. The lowest BCUT2D eigenvalue weighted by Crippen LogP contribution is -2.49. The van der Waals surface area contributed by atoms with Gasteiger partial charge in [0.15, 0.2) is 0 Å². The fourth-order valence-corrected chi connectivity index (χ4v) is 3.73. The Labute approximate surface area is 142 Å². The maximum Gasteiger partial charge on any atom is 0.144 e. The number of halogens is 1. The predicted octanol–water partition coefficient (Wildman–Crippen LogP) is 2.63. The zero-order valence-electron chi connectivity index (χ0n) is 12.5. The van der Waals surface area contributed by atoms with Gasteiger partial charge in [0.25, 0.3) is 0 Å². The van der Waals surface area contributed by atoms with Crippen LogP contribution < -0.4 is 16.2 Å². The zero-order chi connectivity index (χ0) is 16.0. The first-order chi connectivity index (χ1) is 11.1. The molecular formula is C20H16BrNO. The quantitative estimate of drug-likeness (QED) is 0.651. The first kappa shape index (κ1) is 14.6. The Hall–Kier alpha value is -1.94. The number of fused-ring (bicyclic) bond motifs is 2. The highest BCUT2D eigenvalue weighted by Gasteiger charge is 2.30. The van der Waals surface area contributed by atoms with E-state index in [-0.39, 0.29) is 0 Å². The maximum atomic E-state index is 10.9. The van der Waals surface area contributed by atoms with E-state index in [0.717, 1.165) is 36.8 Å². The van der Waals surface area contributed by atoms with Crippen LogP contribution in [0, 0.1) is 0 Å². The summed E-state index contributed by atoms with van der Waals surface area (Å²) in [5.74, 6) is 0. The molecule has 0 aromatic heterocycles. The predicted molar refractivity (Wildman–Crippen MR) is 98.1 cm³/mol. The minimum Gasteiger partial charge on any atom is -0.371 e. The van der Waals surface area contributed by atoms with Gasteiger partial charge < -0.3 is 5.11 Å². The van der Waals surface area contributed by atoms with E-state index < -0.39 is 5.72 Å². The van der Waals surface area contributed by atoms with Gasteiger partial charge in [-0.1, -0.05) is 70.5 Å². The van der Waals surface area contributed by atoms with Crippen LogP contribution in [0.2, 0.25) is 0 Å². The lowest BCUT2D eigenvalue weighted by molar-refractivity contribution is 0.115. The highest BCUT2D eigenvalue weighted by Crippen LogP contribution is 2.31. The van der Waals surface area contributed by atoms with Crippen LogP contribution >= 0.6 is 15.9 Å². The Balaban J connectivity index is 2.18. The Kier molecular flexibility index (Phi) is 3.38. The molecule has 0 spiro atoms. The van der Waals surface area contributed by atoms with Crippen molar-refractivity contribution in [2.45, 2.75) is 12.1 Å². The van der Waals surface area contributed by atoms with Crippen molar-refractivity contribution in [2.75, 3.05) is 0 Å². The topological polar surface area (TPSA) is 46.2 Å². The summed E-state index contributed by atoms with van der Waals surface area (Å²) in [6, 6.07) is 20.4. The summed E-state index contributed by atoms with van der Waals surface area (Å²) in [7, 11) is 0. The largest absolute Gasteiger partial charge is 0.371 e. The third-order valence-electron chi connectivity index (χ3n) is 4.41. The average molecular weight is 366 g/mol. The summed E-state index contributed by atoms with van der Waals surface area (Å²) in [5, 5.41) is 15.2. The highest BCUT2D eigenvalue weighted by molar-refractivity contribution is 9.10. The fourth-order valence-electron chi connectivity index (χ4n) is 3.35. The third-order valence-corrected chi connectivity index (χ3v) is 4.90. The van der Waals surface area contributed by atoms with E-state index in [1.807, 2.05) is 42.5 Å². The maximum absolute atomic E-state index is 10.9. The van der Waals surface area contributed by atoms with Gasteiger partial charge in [0, 0.05) is 16.5 Å². The summed E-state index contributed by atoms with van der Waals surface area (Å²) in [5.41, 5.74) is 6.68. The van der Waals surface area contributed by atoms with Crippen molar-refractivity contribution in [1.82, 2.24) is 0 Å². The van der Waals surface area contributed by atoms with Gasteiger partial charge >= 0.3 is 0 Å². The van der Waals surface area contributed by atoms with Crippen LogP contribution in [0.15, 0.2) is 65.1 Å². The van der Waals surface area contributed by atoms with Crippen LogP contribution in [-0.4, -0.2) is 10.8 Å². The molecule has 0 heterocycles. The van der Waals surface area contributed by atoms with Gasteiger partial charge in [0.1, 0.15) is 5.72 Å². The van der Waals surface area contributed by atoms with Crippen molar-refractivity contribution in [1.29, 1.82) is 0 Å². The second-order valence-corrected chi connectivity index (χ2v) is 6.88. The molecule has 0 saturated heterocycles. The normalized spacial score (nSPS) is 20.2. The van der Waals surface area contributed by atoms with E-state index >= 15 is 0 Å². The average Bonchev–Trinajstić information content (AvgIpc) is 2.54. The Morgan fingerprint density at radius 3 is 2.65 bits per heavy atom. The van der Waals surface area contributed by atoms with Crippen molar-refractivity contribution in [3.63, 3.8) is 0 Å². The minimum atomic E-state index is -1.37. The van der Waals surface area contributed by atoms with Gasteiger partial charge in [-0.3, -0.25) is 5.73 Å². The second kappa shape index (κ2) is 5.31. The van der Waals surface area contributed by atoms with E-state index in [1.165, 1.54) is 0 Å². The summed E-state index contributed by atoms with van der Waals surface area (Å²) >= 11 is 3.51. The molecule has 3 heteroatoms. The first-order valence-electron chi connectivity index (χ1n) is 7.56. The molecule has 3 aromatic carbocycles. The number of nitrogens with two attached hydrogens (primary N) is 1. The Morgan fingerprint density at radius 1 is 1.00 bits per heavy atom. The summed E-state index contributed by atoms with van der Waals surface area (Å²) in [4.78, 5) is 0. The van der Waals surface area contributed by atoms with E-state index in [0.29, 0.717) is 6.42 Å². The van der Waals surface area contributed by atoms with Gasteiger partial charge in [0.05, 0.1) is 0 Å². The van der Waals surface area contributed by atoms with Gasteiger partial charge in [0.2, 0.25) is 0 Å². The SMILES string of the molecule is NC1(O)CC=c2cc(Br)ccc2=C1c1cccc2ccccc12. The van der Waals surface area contributed by atoms with Crippen LogP contribution in [0.25, 0.3) is 22.4 Å². The number of hydrogen-bond acceptors (Lipinski definition) is 2. The summed E-state index contributed by atoms with van der Waals surface area (Å²) < 4.78 is 1.02. The molecule has 0 bridgehead atoms. The molecule has 3 aromatic rings. The molecule has 0 amide bonds. The van der Waals surface area contributed by atoms with Crippen molar-refractivity contribution < 1.29 is 5.11 Å². The molecule has 0 aliphatic heterocycles. The molecule has 0 fully saturated rings. The number of benzene rings is 3. The molecule has 114 valence electrons. The summed E-state index contributed by atoms with van der Waals surface area (Å²) in [6.45, 7) is 0. The zero-order valence-corrected chi connectivity index (χ0v) is 14.0. The number of rotatable bonds is 1. The van der Waals surface area contributed by atoms with E-state index in [2.05, 4.69) is 40.2 Å². The molecule has 1 aliphatic rings. The van der Waals surface area contributed by atoms with Crippen LogP contribution in [-0.2, 0) is 0 Å². The van der Waals surface area contributed by atoms with Crippen LogP contribution in [0.1, 0.15) is 12.0 Å². The summed E-state index contributed by atoms with van der Waals surface area (Å²) in [6.07, 6.45) is 2.39. The third kappa shape index (κ3) is 2.41. The standard InChI is InChI=1S/C20H16BrNO/c21-15-8-9-17-14(12-15)10-11-20(22,23)19(17)18-7-3-5-13-4-1-2-6-16(13)18/h1-10,12,23H,11,22H2. The highest BCUT2D eigenvalue weighted by atomic mass is 79.9. The molecule has 1 aliphatic carbocycles. The van der Waals surface area contributed by atoms with E-state index in [4.69, 9.17) is 5.73 Å². The molecule has 0 radical (unpaired) electrons. The molecule has 3 N–H and O–H groups in total. The lowest BCUT2D eigenvalue weighted by atomic mass is 9.85. The van der Waals surface area contributed by atoms with Crippen molar-refractivity contribution in [2.24, 2.45) is 5.73 Å². The molecule has 2 nitrogen and oxygen atoms in total. The fraction of sp³-hybridized carbons (Fsp3) is 0.100. The molecule has 1 atom stereocenters. The van der Waals surface area contributed by atoms with Crippen molar-refractivity contribution in [3.05, 3.63) is 81.1 Å². The smallest absolute Gasteiger partial charge is 0.144 e. The Morgan fingerprint density at radius 2 is 1.78 bits per heavy atom. The monoisotopic (exact) mass is 365 g/mol. The van der Waals surface area contributed by atoms with Gasteiger partial charge in [-0.15, -0.1) is 0 Å². The molecule has 1 unspecified atom stereocenters. The van der Waals surface area contributed by atoms with Crippen LogP contribution in [0.4, 0.5) is 0 Å². The number of hydrogen-bond donors (Lipinski definition) is 2. The van der Waals surface area contributed by atoms with Crippen molar-refractivity contribution >= 4 is 38.4 Å². The first-order valence-corrected chi connectivity index (χ1v) is 8.35.